The van der Waals surface area contributed by atoms with E-state index in [9.17, 15) is 18.0 Å². The molecule has 0 saturated heterocycles. The first-order chi connectivity index (χ1) is 8.79. The first-order valence-corrected chi connectivity index (χ1v) is 5.60. The number of alkyl halides is 3. The molecule has 0 aliphatic carbocycles. The number of hydrogen-bond donors (Lipinski definition) is 0. The SMILES string of the molecule is CCC(=O)C(C)Oc1ccc(C#N)cc1C(F)(F)F. The Morgan fingerprint density at radius 2 is 2.11 bits per heavy atom. The number of ketones is 1. The molecular formula is C13H12F3NO2. The predicted octanol–water partition coefficient (Wildman–Crippen LogP) is 3.32. The van der Waals surface area contributed by atoms with Crippen LogP contribution in [0.4, 0.5) is 13.2 Å². The predicted molar refractivity (Wildman–Crippen MR) is 61.5 cm³/mol. The zero-order valence-corrected chi connectivity index (χ0v) is 10.4. The second kappa shape index (κ2) is 5.74. The number of nitrogens with zero attached hydrogens (tertiary/aromatic N) is 1. The third kappa shape index (κ3) is 3.71. The van der Waals surface area contributed by atoms with Gasteiger partial charge in [0, 0.05) is 6.42 Å². The molecule has 1 atom stereocenters. The van der Waals surface area contributed by atoms with E-state index in [2.05, 4.69) is 0 Å². The van der Waals surface area contributed by atoms with Crippen molar-refractivity contribution in [2.24, 2.45) is 0 Å². The molecule has 6 heteroatoms. The number of ether oxygens (including phenoxy) is 1. The van der Waals surface area contributed by atoms with Crippen molar-refractivity contribution >= 4 is 5.78 Å². The van der Waals surface area contributed by atoms with Gasteiger partial charge < -0.3 is 4.74 Å². The summed E-state index contributed by atoms with van der Waals surface area (Å²) in [4.78, 5) is 11.3. The Kier molecular flexibility index (Phi) is 4.54. The molecule has 0 aliphatic rings. The van der Waals surface area contributed by atoms with Crippen molar-refractivity contribution in [3.8, 4) is 11.8 Å². The van der Waals surface area contributed by atoms with Crippen molar-refractivity contribution in [1.29, 1.82) is 5.26 Å². The van der Waals surface area contributed by atoms with Crippen molar-refractivity contribution in [2.75, 3.05) is 0 Å². The smallest absolute Gasteiger partial charge is 0.420 e. The van der Waals surface area contributed by atoms with Crippen molar-refractivity contribution in [3.05, 3.63) is 29.3 Å². The summed E-state index contributed by atoms with van der Waals surface area (Å²) < 4.78 is 43.5. The second-order valence-corrected chi connectivity index (χ2v) is 3.90. The minimum Gasteiger partial charge on any atom is -0.482 e. The molecule has 0 saturated carbocycles. The molecule has 0 spiro atoms. The lowest BCUT2D eigenvalue weighted by molar-refractivity contribution is -0.140. The van der Waals surface area contributed by atoms with Crippen LogP contribution in [-0.4, -0.2) is 11.9 Å². The number of nitriles is 1. The van der Waals surface area contributed by atoms with Gasteiger partial charge in [-0.1, -0.05) is 6.92 Å². The Morgan fingerprint density at radius 1 is 1.47 bits per heavy atom. The number of hydrogen-bond acceptors (Lipinski definition) is 3. The maximum atomic E-state index is 12.8. The summed E-state index contributed by atoms with van der Waals surface area (Å²) in [7, 11) is 0. The van der Waals surface area contributed by atoms with Crippen molar-refractivity contribution in [1.82, 2.24) is 0 Å². The second-order valence-electron chi connectivity index (χ2n) is 3.90. The summed E-state index contributed by atoms with van der Waals surface area (Å²) in [6, 6.07) is 4.61. The third-order valence-corrected chi connectivity index (χ3v) is 2.52. The van der Waals surface area contributed by atoms with Gasteiger partial charge in [0.15, 0.2) is 11.9 Å². The van der Waals surface area contributed by atoms with Crippen molar-refractivity contribution in [3.63, 3.8) is 0 Å². The molecule has 102 valence electrons. The first-order valence-electron chi connectivity index (χ1n) is 5.60. The van der Waals surface area contributed by atoms with Crippen LogP contribution in [0, 0.1) is 11.3 Å². The molecule has 0 bridgehead atoms. The molecule has 0 heterocycles. The number of rotatable bonds is 4. The van der Waals surface area contributed by atoms with Crippen LogP contribution < -0.4 is 4.74 Å². The van der Waals surface area contributed by atoms with Crippen molar-refractivity contribution < 1.29 is 22.7 Å². The van der Waals surface area contributed by atoms with Gasteiger partial charge in [-0.3, -0.25) is 4.79 Å². The largest absolute Gasteiger partial charge is 0.482 e. The van der Waals surface area contributed by atoms with Crippen LogP contribution in [0.2, 0.25) is 0 Å². The lowest BCUT2D eigenvalue weighted by Crippen LogP contribution is -2.24. The minimum absolute atomic E-state index is 0.117. The molecular weight excluding hydrogens is 259 g/mol. The quantitative estimate of drug-likeness (QED) is 0.844. The molecule has 0 amide bonds. The average Bonchev–Trinajstić information content (AvgIpc) is 2.36. The highest BCUT2D eigenvalue weighted by Gasteiger charge is 2.35. The third-order valence-electron chi connectivity index (χ3n) is 2.52. The van der Waals surface area contributed by atoms with E-state index >= 15 is 0 Å². The van der Waals surface area contributed by atoms with E-state index in [4.69, 9.17) is 10.00 Å². The molecule has 0 radical (unpaired) electrons. The molecule has 19 heavy (non-hydrogen) atoms. The highest BCUT2D eigenvalue weighted by Crippen LogP contribution is 2.37. The fourth-order valence-corrected chi connectivity index (χ4v) is 1.47. The Balaban J connectivity index is 3.14. The lowest BCUT2D eigenvalue weighted by Gasteiger charge is -2.17. The Labute approximate surface area is 108 Å². The minimum atomic E-state index is -4.64. The van der Waals surface area contributed by atoms with Gasteiger partial charge >= 0.3 is 6.18 Å². The summed E-state index contributed by atoms with van der Waals surface area (Å²) in [6.45, 7) is 3.00. The Hall–Kier alpha value is -2.03. The molecule has 0 aromatic heterocycles. The average molecular weight is 271 g/mol. The Morgan fingerprint density at radius 3 is 2.58 bits per heavy atom. The maximum Gasteiger partial charge on any atom is 0.420 e. The summed E-state index contributed by atoms with van der Waals surface area (Å²) >= 11 is 0. The molecule has 1 unspecified atom stereocenters. The highest BCUT2D eigenvalue weighted by molar-refractivity contribution is 5.82. The van der Waals surface area contributed by atoms with Crippen LogP contribution in [-0.2, 0) is 11.0 Å². The highest BCUT2D eigenvalue weighted by atomic mass is 19.4. The van der Waals surface area contributed by atoms with Crippen LogP contribution in [0.15, 0.2) is 18.2 Å². The number of carbonyl (C=O) groups excluding carboxylic acids is 1. The van der Waals surface area contributed by atoms with Gasteiger partial charge in [-0.15, -0.1) is 0 Å². The van der Waals surface area contributed by atoms with Gasteiger partial charge in [0.2, 0.25) is 0 Å². The monoisotopic (exact) mass is 271 g/mol. The van der Waals surface area contributed by atoms with Crippen LogP contribution in [0.5, 0.6) is 5.75 Å². The van der Waals surface area contributed by atoms with Gasteiger partial charge in [-0.25, -0.2) is 0 Å². The number of benzene rings is 1. The molecule has 0 N–H and O–H groups in total. The van der Waals surface area contributed by atoms with Gasteiger partial charge in [0.1, 0.15) is 5.75 Å². The maximum absolute atomic E-state index is 12.8. The summed E-state index contributed by atoms with van der Waals surface area (Å²) in [6.07, 6.45) is -5.42. The summed E-state index contributed by atoms with van der Waals surface area (Å²) in [5.74, 6) is -0.738. The fourth-order valence-electron chi connectivity index (χ4n) is 1.47. The summed E-state index contributed by atoms with van der Waals surface area (Å²) in [5, 5.41) is 8.61. The number of Topliss-reactive ketones (excluding diaryl/α,β-unsaturated/α-hetero) is 1. The van der Waals surface area contributed by atoms with Crippen LogP contribution in [0.3, 0.4) is 0 Å². The lowest BCUT2D eigenvalue weighted by atomic mass is 10.1. The van der Waals surface area contributed by atoms with E-state index in [0.29, 0.717) is 6.07 Å². The molecule has 1 aromatic carbocycles. The number of carbonyl (C=O) groups is 1. The van der Waals surface area contributed by atoms with E-state index in [1.54, 1.807) is 13.0 Å². The molecule has 1 aromatic rings. The molecule has 1 rings (SSSR count). The van der Waals surface area contributed by atoms with E-state index in [1.807, 2.05) is 0 Å². The van der Waals surface area contributed by atoms with Gasteiger partial charge in [-0.2, -0.15) is 18.4 Å². The van der Waals surface area contributed by atoms with Gasteiger partial charge in [0.05, 0.1) is 17.2 Å². The standard InChI is InChI=1S/C13H12F3NO2/c1-3-11(18)8(2)19-12-5-4-9(7-17)6-10(12)13(14,15)16/h4-6,8H,3H2,1-2H3. The fraction of sp³-hybridized carbons (Fsp3) is 0.385. The molecule has 0 fully saturated rings. The van der Waals surface area contributed by atoms with Crippen LogP contribution in [0.25, 0.3) is 0 Å². The van der Waals surface area contributed by atoms with Crippen LogP contribution >= 0.6 is 0 Å². The first kappa shape index (κ1) is 15.0. The topological polar surface area (TPSA) is 50.1 Å². The Bertz CT molecular complexity index is 518. The zero-order valence-electron chi connectivity index (χ0n) is 10.4. The van der Waals surface area contributed by atoms with Crippen molar-refractivity contribution in [2.45, 2.75) is 32.5 Å². The normalized spacial score (nSPS) is 12.6. The van der Waals surface area contributed by atoms with E-state index in [-0.39, 0.29) is 17.8 Å². The molecule has 3 nitrogen and oxygen atoms in total. The summed E-state index contributed by atoms with van der Waals surface area (Å²) in [5.41, 5.74) is -1.17. The molecule has 0 aliphatic heterocycles. The van der Waals surface area contributed by atoms with E-state index in [1.165, 1.54) is 13.0 Å². The number of halogens is 3. The van der Waals surface area contributed by atoms with Gasteiger partial charge in [-0.05, 0) is 25.1 Å². The van der Waals surface area contributed by atoms with Gasteiger partial charge in [0.25, 0.3) is 0 Å². The van der Waals surface area contributed by atoms with E-state index in [0.717, 1.165) is 6.07 Å². The van der Waals surface area contributed by atoms with E-state index < -0.39 is 23.6 Å². The van der Waals surface area contributed by atoms with Crippen LogP contribution in [0.1, 0.15) is 31.4 Å². The zero-order chi connectivity index (χ0) is 14.6.